The third kappa shape index (κ3) is 2.92. The maximum absolute atomic E-state index is 12.2. The molecular formula is C13H10ClNO4S. The van der Waals surface area contributed by atoms with Crippen LogP contribution in [0.1, 0.15) is 10.4 Å². The molecule has 2 N–H and O–H groups in total. The van der Waals surface area contributed by atoms with Crippen molar-refractivity contribution in [3.63, 3.8) is 0 Å². The third-order valence-corrected chi connectivity index (χ3v) is 4.21. The molecule has 0 bridgehead atoms. The Morgan fingerprint density at radius 3 is 2.30 bits per heavy atom. The number of aromatic carboxylic acids is 1. The zero-order valence-corrected chi connectivity index (χ0v) is 11.6. The van der Waals surface area contributed by atoms with Crippen LogP contribution in [-0.4, -0.2) is 19.5 Å². The average molecular weight is 312 g/mol. The zero-order valence-electron chi connectivity index (χ0n) is 10.1. The van der Waals surface area contributed by atoms with Gasteiger partial charge in [0.2, 0.25) is 0 Å². The van der Waals surface area contributed by atoms with Gasteiger partial charge < -0.3 is 5.11 Å². The van der Waals surface area contributed by atoms with Gasteiger partial charge in [-0.05, 0) is 24.3 Å². The topological polar surface area (TPSA) is 83.5 Å². The quantitative estimate of drug-likeness (QED) is 0.909. The molecular weight excluding hydrogens is 302 g/mol. The molecule has 0 amide bonds. The first kappa shape index (κ1) is 14.4. The van der Waals surface area contributed by atoms with E-state index >= 15 is 0 Å². The highest BCUT2D eigenvalue weighted by atomic mass is 35.5. The molecule has 0 heterocycles. The Hall–Kier alpha value is -2.05. The number of carbonyl (C=O) groups is 1. The summed E-state index contributed by atoms with van der Waals surface area (Å²) in [4.78, 5) is 11.1. The van der Waals surface area contributed by atoms with Gasteiger partial charge in [-0.2, -0.15) is 0 Å². The molecule has 0 spiro atoms. The van der Waals surface area contributed by atoms with Crippen molar-refractivity contribution in [1.29, 1.82) is 0 Å². The molecule has 0 aliphatic rings. The van der Waals surface area contributed by atoms with Crippen molar-refractivity contribution < 1.29 is 18.3 Å². The summed E-state index contributed by atoms with van der Waals surface area (Å²) in [6, 6.07) is 11.7. The molecule has 2 aromatic rings. The lowest BCUT2D eigenvalue weighted by molar-refractivity contribution is 0.0698. The molecule has 0 aromatic heterocycles. The lowest BCUT2D eigenvalue weighted by atomic mass is 10.2. The van der Waals surface area contributed by atoms with E-state index in [4.69, 9.17) is 16.7 Å². The summed E-state index contributed by atoms with van der Waals surface area (Å²) < 4.78 is 26.5. The van der Waals surface area contributed by atoms with Crippen LogP contribution < -0.4 is 4.72 Å². The highest BCUT2D eigenvalue weighted by Crippen LogP contribution is 2.28. The van der Waals surface area contributed by atoms with Gasteiger partial charge >= 0.3 is 5.97 Å². The molecule has 0 radical (unpaired) electrons. The summed E-state index contributed by atoms with van der Waals surface area (Å²) in [6.45, 7) is 0. The van der Waals surface area contributed by atoms with E-state index in [2.05, 4.69) is 4.72 Å². The van der Waals surface area contributed by atoms with Gasteiger partial charge in [-0.15, -0.1) is 0 Å². The second-order valence-electron chi connectivity index (χ2n) is 3.89. The molecule has 5 nitrogen and oxygen atoms in total. The van der Waals surface area contributed by atoms with Crippen LogP contribution in [0.3, 0.4) is 0 Å². The molecule has 0 aliphatic heterocycles. The largest absolute Gasteiger partial charge is 0.478 e. The van der Waals surface area contributed by atoms with Crippen LogP contribution in [-0.2, 0) is 10.0 Å². The number of para-hydroxylation sites is 1. The average Bonchev–Trinajstić information content (AvgIpc) is 2.41. The fourth-order valence-electron chi connectivity index (χ4n) is 1.60. The fourth-order valence-corrected chi connectivity index (χ4v) is 3.00. The monoisotopic (exact) mass is 311 g/mol. The molecule has 0 saturated carbocycles. The van der Waals surface area contributed by atoms with E-state index in [9.17, 15) is 13.2 Å². The minimum atomic E-state index is -3.89. The fraction of sp³-hybridized carbons (Fsp3) is 0. The van der Waals surface area contributed by atoms with Gasteiger partial charge in [0.1, 0.15) is 0 Å². The van der Waals surface area contributed by atoms with E-state index in [-0.39, 0.29) is 21.2 Å². The highest BCUT2D eigenvalue weighted by molar-refractivity contribution is 7.92. The first-order chi connectivity index (χ1) is 9.42. The molecule has 0 aliphatic carbocycles. The maximum Gasteiger partial charge on any atom is 0.337 e. The van der Waals surface area contributed by atoms with Crippen molar-refractivity contribution in [3.05, 3.63) is 59.1 Å². The predicted octanol–water partition coefficient (Wildman–Crippen LogP) is 2.84. The second-order valence-corrected chi connectivity index (χ2v) is 5.98. The number of hydrogen-bond donors (Lipinski definition) is 2. The van der Waals surface area contributed by atoms with Crippen LogP contribution in [0.25, 0.3) is 0 Å². The van der Waals surface area contributed by atoms with E-state index < -0.39 is 16.0 Å². The first-order valence-corrected chi connectivity index (χ1v) is 7.37. The summed E-state index contributed by atoms with van der Waals surface area (Å²) in [7, 11) is -3.89. The normalized spacial score (nSPS) is 11.1. The van der Waals surface area contributed by atoms with Gasteiger partial charge in [-0.1, -0.05) is 35.9 Å². The summed E-state index contributed by atoms with van der Waals surface area (Å²) in [6.07, 6.45) is 0. The Labute approximate surface area is 120 Å². The lowest BCUT2D eigenvalue weighted by Gasteiger charge is -2.12. The molecule has 20 heavy (non-hydrogen) atoms. The van der Waals surface area contributed by atoms with Crippen LogP contribution in [0.5, 0.6) is 0 Å². The number of carboxylic acids is 1. The number of rotatable bonds is 4. The van der Waals surface area contributed by atoms with Crippen molar-refractivity contribution in [2.45, 2.75) is 4.90 Å². The number of nitrogens with one attached hydrogen (secondary N) is 1. The van der Waals surface area contributed by atoms with Crippen molar-refractivity contribution in [1.82, 2.24) is 0 Å². The molecule has 7 heteroatoms. The number of sulfonamides is 1. The molecule has 0 atom stereocenters. The van der Waals surface area contributed by atoms with Crippen molar-refractivity contribution in [2.75, 3.05) is 4.72 Å². The van der Waals surface area contributed by atoms with Crippen LogP contribution >= 0.6 is 11.6 Å². The second kappa shape index (κ2) is 5.52. The standard InChI is InChI=1S/C13H10ClNO4S/c14-11-8-4-7-10(13(16)17)12(11)15-20(18,19)9-5-2-1-3-6-9/h1-8,15H,(H,16,17). The number of hydrogen-bond acceptors (Lipinski definition) is 3. The summed E-state index contributed by atoms with van der Waals surface area (Å²) >= 11 is 5.88. The predicted molar refractivity (Wildman–Crippen MR) is 75.7 cm³/mol. The van der Waals surface area contributed by atoms with Gasteiger partial charge in [0.05, 0.1) is 21.2 Å². The van der Waals surface area contributed by atoms with Gasteiger partial charge in [0, 0.05) is 0 Å². The maximum atomic E-state index is 12.2. The molecule has 104 valence electrons. The summed E-state index contributed by atoms with van der Waals surface area (Å²) in [5, 5.41) is 9.08. The molecule has 0 unspecified atom stereocenters. The van der Waals surface area contributed by atoms with E-state index in [0.717, 1.165) is 0 Å². The number of benzene rings is 2. The van der Waals surface area contributed by atoms with E-state index in [1.165, 1.54) is 30.3 Å². The van der Waals surface area contributed by atoms with Crippen molar-refractivity contribution in [2.24, 2.45) is 0 Å². The van der Waals surface area contributed by atoms with Gasteiger partial charge in [0.15, 0.2) is 0 Å². The summed E-state index contributed by atoms with van der Waals surface area (Å²) in [5.41, 5.74) is -0.359. The molecule has 2 aromatic carbocycles. The Balaban J connectivity index is 2.48. The van der Waals surface area contributed by atoms with E-state index in [1.54, 1.807) is 18.2 Å². The Bertz CT molecular complexity index is 744. The molecule has 2 rings (SSSR count). The van der Waals surface area contributed by atoms with Gasteiger partial charge in [-0.3, -0.25) is 4.72 Å². The number of halogens is 1. The van der Waals surface area contributed by atoms with Gasteiger partial charge in [0.25, 0.3) is 10.0 Å². The van der Waals surface area contributed by atoms with Crippen LogP contribution in [0, 0.1) is 0 Å². The molecule has 0 saturated heterocycles. The van der Waals surface area contributed by atoms with Crippen molar-refractivity contribution >= 4 is 33.3 Å². The minimum Gasteiger partial charge on any atom is -0.478 e. The van der Waals surface area contributed by atoms with E-state index in [1.807, 2.05) is 0 Å². The number of carboxylic acid groups (broad SMARTS) is 1. The van der Waals surface area contributed by atoms with E-state index in [0.29, 0.717) is 0 Å². The van der Waals surface area contributed by atoms with Crippen LogP contribution in [0.15, 0.2) is 53.4 Å². The Morgan fingerprint density at radius 1 is 1.05 bits per heavy atom. The first-order valence-electron chi connectivity index (χ1n) is 5.51. The minimum absolute atomic E-state index is 0.0180. The lowest BCUT2D eigenvalue weighted by Crippen LogP contribution is -2.15. The van der Waals surface area contributed by atoms with Gasteiger partial charge in [-0.25, -0.2) is 13.2 Å². The highest BCUT2D eigenvalue weighted by Gasteiger charge is 2.20. The summed E-state index contributed by atoms with van der Waals surface area (Å²) in [5.74, 6) is -1.27. The van der Waals surface area contributed by atoms with Crippen LogP contribution in [0.4, 0.5) is 5.69 Å². The Kier molecular flexibility index (Phi) is 3.96. The smallest absolute Gasteiger partial charge is 0.337 e. The SMILES string of the molecule is O=C(O)c1cccc(Cl)c1NS(=O)(=O)c1ccccc1. The van der Waals surface area contributed by atoms with Crippen LogP contribution in [0.2, 0.25) is 5.02 Å². The molecule has 0 fully saturated rings. The Morgan fingerprint density at radius 2 is 1.70 bits per heavy atom. The number of anilines is 1. The van der Waals surface area contributed by atoms with Crippen molar-refractivity contribution in [3.8, 4) is 0 Å². The third-order valence-electron chi connectivity index (χ3n) is 2.53. The zero-order chi connectivity index (χ0) is 14.8.